The lowest BCUT2D eigenvalue weighted by molar-refractivity contribution is 0.781. The summed E-state index contributed by atoms with van der Waals surface area (Å²) in [6.07, 6.45) is 2.85. The van der Waals surface area contributed by atoms with E-state index in [1.165, 1.54) is 0 Å². The van der Waals surface area contributed by atoms with Gasteiger partial charge in [0.15, 0.2) is 0 Å². The third kappa shape index (κ3) is 2.94. The van der Waals surface area contributed by atoms with E-state index in [-0.39, 0.29) is 0 Å². The third-order valence-corrected chi connectivity index (χ3v) is 1.85. The molecule has 0 saturated carbocycles. The highest BCUT2D eigenvalue weighted by atomic mass is 15.1. The van der Waals surface area contributed by atoms with Crippen LogP contribution in [0.15, 0.2) is 0 Å². The summed E-state index contributed by atoms with van der Waals surface area (Å²) in [6, 6.07) is 0. The fourth-order valence-electron chi connectivity index (χ4n) is 1.20. The van der Waals surface area contributed by atoms with Crippen molar-refractivity contribution in [3.8, 4) is 0 Å². The van der Waals surface area contributed by atoms with Crippen molar-refractivity contribution in [3.63, 3.8) is 0 Å². The SMILES string of the molecule is CCCc1nc(CC)nc(NCC)n1. The third-order valence-electron chi connectivity index (χ3n) is 1.85. The molecule has 4 nitrogen and oxygen atoms in total. The smallest absolute Gasteiger partial charge is 0.226 e. The van der Waals surface area contributed by atoms with Gasteiger partial charge in [0.1, 0.15) is 11.6 Å². The largest absolute Gasteiger partial charge is 0.354 e. The number of aryl methyl sites for hydroxylation is 2. The maximum absolute atomic E-state index is 4.36. The van der Waals surface area contributed by atoms with Crippen molar-refractivity contribution in [2.75, 3.05) is 11.9 Å². The first kappa shape index (κ1) is 10.9. The average Bonchev–Trinajstić information content (AvgIpc) is 2.18. The van der Waals surface area contributed by atoms with Gasteiger partial charge in [-0.25, -0.2) is 4.98 Å². The fourth-order valence-corrected chi connectivity index (χ4v) is 1.20. The summed E-state index contributed by atoms with van der Waals surface area (Å²) >= 11 is 0. The van der Waals surface area contributed by atoms with Gasteiger partial charge in [-0.2, -0.15) is 9.97 Å². The van der Waals surface area contributed by atoms with E-state index in [1.54, 1.807) is 0 Å². The lowest BCUT2D eigenvalue weighted by atomic mass is 10.3. The Morgan fingerprint density at radius 3 is 2.29 bits per heavy atom. The molecule has 0 aliphatic rings. The second-order valence-electron chi connectivity index (χ2n) is 3.13. The molecule has 0 radical (unpaired) electrons. The average molecular weight is 194 g/mol. The Hall–Kier alpha value is -1.19. The zero-order chi connectivity index (χ0) is 10.4. The van der Waals surface area contributed by atoms with Crippen LogP contribution in [0.3, 0.4) is 0 Å². The lowest BCUT2D eigenvalue weighted by Gasteiger charge is -2.05. The van der Waals surface area contributed by atoms with E-state index in [1.807, 2.05) is 6.92 Å². The first-order valence-corrected chi connectivity index (χ1v) is 5.27. The Kier molecular flexibility index (Phi) is 4.29. The van der Waals surface area contributed by atoms with Crippen LogP contribution in [-0.2, 0) is 12.8 Å². The Morgan fingerprint density at radius 2 is 1.71 bits per heavy atom. The van der Waals surface area contributed by atoms with Crippen molar-refractivity contribution >= 4 is 5.95 Å². The number of nitrogens with one attached hydrogen (secondary N) is 1. The summed E-state index contributed by atoms with van der Waals surface area (Å²) in [7, 11) is 0. The van der Waals surface area contributed by atoms with Gasteiger partial charge in [0.25, 0.3) is 0 Å². The number of aromatic nitrogens is 3. The summed E-state index contributed by atoms with van der Waals surface area (Å²) in [6.45, 7) is 7.07. The normalized spacial score (nSPS) is 10.2. The molecule has 0 aliphatic heterocycles. The first-order valence-electron chi connectivity index (χ1n) is 5.27. The summed E-state index contributed by atoms with van der Waals surface area (Å²) in [5.41, 5.74) is 0. The van der Waals surface area contributed by atoms with Gasteiger partial charge in [-0.15, -0.1) is 0 Å². The Labute approximate surface area is 85.2 Å². The van der Waals surface area contributed by atoms with Crippen LogP contribution < -0.4 is 5.32 Å². The molecule has 4 heteroatoms. The quantitative estimate of drug-likeness (QED) is 0.776. The molecule has 1 aromatic rings. The highest BCUT2D eigenvalue weighted by molar-refractivity contribution is 5.23. The molecular formula is C10H18N4. The molecule has 0 amide bonds. The molecule has 0 saturated heterocycles. The molecule has 0 atom stereocenters. The summed E-state index contributed by atoms with van der Waals surface area (Å²) in [5, 5.41) is 3.12. The Balaban J connectivity index is 2.88. The molecule has 1 aromatic heterocycles. The molecular weight excluding hydrogens is 176 g/mol. The molecule has 0 fully saturated rings. The number of nitrogens with zero attached hydrogens (tertiary/aromatic N) is 3. The fraction of sp³-hybridized carbons (Fsp3) is 0.700. The maximum atomic E-state index is 4.36. The van der Waals surface area contributed by atoms with Crippen LogP contribution in [-0.4, -0.2) is 21.5 Å². The van der Waals surface area contributed by atoms with E-state index in [0.29, 0.717) is 5.95 Å². The molecule has 1 rings (SSSR count). The molecule has 0 aliphatic carbocycles. The number of anilines is 1. The Morgan fingerprint density at radius 1 is 1.00 bits per heavy atom. The molecule has 0 aromatic carbocycles. The van der Waals surface area contributed by atoms with Gasteiger partial charge in [0.2, 0.25) is 5.95 Å². The van der Waals surface area contributed by atoms with Gasteiger partial charge in [0.05, 0.1) is 0 Å². The summed E-state index contributed by atoms with van der Waals surface area (Å²) in [5.74, 6) is 2.48. The first-order chi connectivity index (χ1) is 6.80. The second kappa shape index (κ2) is 5.52. The van der Waals surface area contributed by atoms with Crippen LogP contribution in [0.25, 0.3) is 0 Å². The van der Waals surface area contributed by atoms with Gasteiger partial charge >= 0.3 is 0 Å². The topological polar surface area (TPSA) is 50.7 Å². The van der Waals surface area contributed by atoms with E-state index >= 15 is 0 Å². The van der Waals surface area contributed by atoms with Crippen LogP contribution in [0.4, 0.5) is 5.95 Å². The number of hydrogen-bond acceptors (Lipinski definition) is 4. The molecule has 0 spiro atoms. The summed E-state index contributed by atoms with van der Waals surface area (Å²) in [4.78, 5) is 13.0. The molecule has 78 valence electrons. The number of hydrogen-bond donors (Lipinski definition) is 1. The molecule has 1 N–H and O–H groups in total. The minimum absolute atomic E-state index is 0.711. The highest BCUT2D eigenvalue weighted by Gasteiger charge is 2.03. The molecule has 1 heterocycles. The van der Waals surface area contributed by atoms with E-state index in [2.05, 4.69) is 34.1 Å². The minimum Gasteiger partial charge on any atom is -0.354 e. The standard InChI is InChI=1S/C10H18N4/c1-4-7-9-12-8(5-2)13-10(14-9)11-6-3/h4-7H2,1-3H3,(H,11,12,13,14). The van der Waals surface area contributed by atoms with Crippen LogP contribution in [0, 0.1) is 0 Å². The van der Waals surface area contributed by atoms with Gasteiger partial charge in [0, 0.05) is 19.4 Å². The molecule has 0 unspecified atom stereocenters. The predicted molar refractivity (Wildman–Crippen MR) is 57.4 cm³/mol. The zero-order valence-corrected chi connectivity index (χ0v) is 9.17. The minimum atomic E-state index is 0.711. The maximum Gasteiger partial charge on any atom is 0.226 e. The lowest BCUT2D eigenvalue weighted by Crippen LogP contribution is -2.09. The van der Waals surface area contributed by atoms with E-state index in [9.17, 15) is 0 Å². The molecule has 0 bridgehead atoms. The highest BCUT2D eigenvalue weighted by Crippen LogP contribution is 2.03. The van der Waals surface area contributed by atoms with Crippen molar-refractivity contribution in [2.24, 2.45) is 0 Å². The van der Waals surface area contributed by atoms with E-state index in [0.717, 1.165) is 37.5 Å². The predicted octanol–water partition coefficient (Wildman–Crippen LogP) is 1.82. The summed E-state index contributed by atoms with van der Waals surface area (Å²) < 4.78 is 0. The van der Waals surface area contributed by atoms with Crippen molar-refractivity contribution in [3.05, 3.63) is 11.6 Å². The van der Waals surface area contributed by atoms with Gasteiger partial charge in [-0.1, -0.05) is 13.8 Å². The monoisotopic (exact) mass is 194 g/mol. The van der Waals surface area contributed by atoms with Crippen molar-refractivity contribution in [2.45, 2.75) is 40.0 Å². The second-order valence-corrected chi connectivity index (χ2v) is 3.13. The van der Waals surface area contributed by atoms with Crippen LogP contribution >= 0.6 is 0 Å². The van der Waals surface area contributed by atoms with Crippen molar-refractivity contribution in [1.82, 2.24) is 15.0 Å². The number of rotatable bonds is 5. The van der Waals surface area contributed by atoms with Gasteiger partial charge in [-0.3, -0.25) is 0 Å². The van der Waals surface area contributed by atoms with Crippen LogP contribution in [0.5, 0.6) is 0 Å². The van der Waals surface area contributed by atoms with E-state index < -0.39 is 0 Å². The van der Waals surface area contributed by atoms with Crippen molar-refractivity contribution in [1.29, 1.82) is 0 Å². The zero-order valence-electron chi connectivity index (χ0n) is 9.17. The van der Waals surface area contributed by atoms with Gasteiger partial charge in [-0.05, 0) is 13.3 Å². The van der Waals surface area contributed by atoms with E-state index in [4.69, 9.17) is 0 Å². The van der Waals surface area contributed by atoms with Crippen LogP contribution in [0.2, 0.25) is 0 Å². The molecule has 14 heavy (non-hydrogen) atoms. The van der Waals surface area contributed by atoms with Gasteiger partial charge < -0.3 is 5.32 Å². The van der Waals surface area contributed by atoms with Crippen LogP contribution in [0.1, 0.15) is 38.8 Å². The Bertz CT molecular complexity index is 261. The van der Waals surface area contributed by atoms with Crippen molar-refractivity contribution < 1.29 is 0 Å².